The summed E-state index contributed by atoms with van der Waals surface area (Å²) in [6.07, 6.45) is 15.5. The molecule has 134 valence electrons. The molecule has 0 radical (unpaired) electrons. The molecular weight excluding hydrogens is 294 g/mol. The van der Waals surface area contributed by atoms with Crippen LogP contribution in [0.1, 0.15) is 79.1 Å². The lowest BCUT2D eigenvalue weighted by Gasteiger charge is -2.31. The minimum Gasteiger partial charge on any atom is -0.374 e. The first-order valence-electron chi connectivity index (χ1n) is 9.57. The van der Waals surface area contributed by atoms with Gasteiger partial charge in [0, 0.05) is 12.6 Å². The van der Waals surface area contributed by atoms with E-state index in [4.69, 9.17) is 10.5 Å². The molecule has 0 saturated carbocycles. The molecule has 0 amide bonds. The van der Waals surface area contributed by atoms with Crippen LogP contribution in [0.15, 0.2) is 23.9 Å². The van der Waals surface area contributed by atoms with E-state index < -0.39 is 0 Å². The highest BCUT2D eigenvalue weighted by atomic mass is 15.1. The second-order valence-corrected chi connectivity index (χ2v) is 6.60. The standard InChI is InChI=1S/C21H35N3/c1-5-8-10-12-19(4)24(15-11-14-21(16-22)17-23)18-20(7-3)13-9-6-2/h11,14-15,19-20H,5-10,12-13,18H2,1-4H3/b15-11+. The Hall–Kier alpha value is -1.74. The van der Waals surface area contributed by atoms with Gasteiger partial charge in [-0.3, -0.25) is 0 Å². The van der Waals surface area contributed by atoms with Gasteiger partial charge in [0.2, 0.25) is 0 Å². The van der Waals surface area contributed by atoms with Crippen LogP contribution in [0, 0.1) is 28.6 Å². The van der Waals surface area contributed by atoms with Gasteiger partial charge in [-0.1, -0.05) is 59.3 Å². The summed E-state index contributed by atoms with van der Waals surface area (Å²) in [5, 5.41) is 17.7. The number of allylic oxidation sites excluding steroid dienone is 3. The smallest absolute Gasteiger partial charge is 0.129 e. The van der Waals surface area contributed by atoms with Crippen molar-refractivity contribution in [2.45, 2.75) is 85.1 Å². The molecule has 0 aromatic heterocycles. The van der Waals surface area contributed by atoms with Crippen molar-refractivity contribution in [2.75, 3.05) is 6.54 Å². The normalized spacial score (nSPS) is 13.1. The van der Waals surface area contributed by atoms with Crippen LogP contribution in [-0.4, -0.2) is 17.5 Å². The Bertz CT molecular complexity index is 435. The maximum atomic E-state index is 8.84. The Morgan fingerprint density at radius 3 is 2.21 bits per heavy atom. The fraction of sp³-hybridized carbons (Fsp3) is 0.714. The van der Waals surface area contributed by atoms with Gasteiger partial charge in [0.25, 0.3) is 0 Å². The van der Waals surface area contributed by atoms with E-state index in [2.05, 4.69) is 38.8 Å². The van der Waals surface area contributed by atoms with Crippen molar-refractivity contribution < 1.29 is 0 Å². The van der Waals surface area contributed by atoms with Gasteiger partial charge in [0.15, 0.2) is 0 Å². The van der Waals surface area contributed by atoms with Crippen molar-refractivity contribution in [1.29, 1.82) is 10.5 Å². The lowest BCUT2D eigenvalue weighted by molar-refractivity contribution is 0.223. The second kappa shape index (κ2) is 14.8. The van der Waals surface area contributed by atoms with Crippen molar-refractivity contribution >= 4 is 0 Å². The van der Waals surface area contributed by atoms with Crippen molar-refractivity contribution in [3.8, 4) is 12.1 Å². The quantitative estimate of drug-likeness (QED) is 0.238. The molecule has 0 rings (SSSR count). The van der Waals surface area contributed by atoms with Crippen molar-refractivity contribution in [2.24, 2.45) is 5.92 Å². The number of unbranched alkanes of at least 4 members (excludes halogenated alkanes) is 3. The first kappa shape index (κ1) is 22.3. The molecule has 2 unspecified atom stereocenters. The highest BCUT2D eigenvalue weighted by Gasteiger charge is 2.15. The first-order chi connectivity index (χ1) is 11.6. The van der Waals surface area contributed by atoms with Crippen LogP contribution < -0.4 is 0 Å². The van der Waals surface area contributed by atoms with E-state index in [-0.39, 0.29) is 5.57 Å². The molecule has 3 heteroatoms. The minimum atomic E-state index is 0.155. The Morgan fingerprint density at radius 2 is 1.67 bits per heavy atom. The van der Waals surface area contributed by atoms with Gasteiger partial charge in [-0.2, -0.15) is 10.5 Å². The fourth-order valence-electron chi connectivity index (χ4n) is 2.81. The lowest BCUT2D eigenvalue weighted by atomic mass is 9.97. The summed E-state index contributed by atoms with van der Waals surface area (Å²) >= 11 is 0. The molecule has 0 N–H and O–H groups in total. The molecule has 0 aliphatic rings. The third-order valence-electron chi connectivity index (χ3n) is 4.59. The zero-order valence-corrected chi connectivity index (χ0v) is 16.1. The molecule has 0 aliphatic carbocycles. The van der Waals surface area contributed by atoms with Gasteiger partial charge in [0.05, 0.1) is 0 Å². The average molecular weight is 330 g/mol. The molecule has 24 heavy (non-hydrogen) atoms. The summed E-state index contributed by atoms with van der Waals surface area (Å²) in [5.41, 5.74) is 0.155. The SMILES string of the molecule is CCCCCC(C)N(/C=C/C=C(C#N)C#N)CC(CC)CCCC. The van der Waals surface area contributed by atoms with Gasteiger partial charge in [-0.05, 0) is 44.0 Å². The number of hydrogen-bond donors (Lipinski definition) is 0. The second-order valence-electron chi connectivity index (χ2n) is 6.60. The zero-order valence-electron chi connectivity index (χ0n) is 16.1. The first-order valence-corrected chi connectivity index (χ1v) is 9.57. The molecule has 2 atom stereocenters. The molecule has 0 fully saturated rings. The van der Waals surface area contributed by atoms with Gasteiger partial charge in [-0.25, -0.2) is 0 Å². The van der Waals surface area contributed by atoms with Crippen LogP contribution in [-0.2, 0) is 0 Å². The van der Waals surface area contributed by atoms with E-state index >= 15 is 0 Å². The Balaban J connectivity index is 4.93. The summed E-state index contributed by atoms with van der Waals surface area (Å²) in [4.78, 5) is 2.41. The zero-order chi connectivity index (χ0) is 18.2. The summed E-state index contributed by atoms with van der Waals surface area (Å²) in [6, 6.07) is 4.30. The van der Waals surface area contributed by atoms with Crippen molar-refractivity contribution in [1.82, 2.24) is 4.90 Å². The third kappa shape index (κ3) is 10.1. The number of rotatable bonds is 13. The van der Waals surface area contributed by atoms with E-state index in [9.17, 15) is 0 Å². The van der Waals surface area contributed by atoms with Crippen LogP contribution >= 0.6 is 0 Å². The summed E-state index contributed by atoms with van der Waals surface area (Å²) in [6.45, 7) is 10.1. The third-order valence-corrected chi connectivity index (χ3v) is 4.59. The topological polar surface area (TPSA) is 50.8 Å². The van der Waals surface area contributed by atoms with Gasteiger partial charge in [0.1, 0.15) is 17.7 Å². The molecule has 0 spiro atoms. The molecule has 0 bridgehead atoms. The summed E-state index contributed by atoms with van der Waals surface area (Å²) in [5.74, 6) is 0.707. The van der Waals surface area contributed by atoms with E-state index in [1.807, 2.05) is 18.2 Å². The Kier molecular flexibility index (Phi) is 13.8. The van der Waals surface area contributed by atoms with E-state index in [1.165, 1.54) is 51.4 Å². The predicted molar refractivity (Wildman–Crippen MR) is 102 cm³/mol. The highest BCUT2D eigenvalue weighted by Crippen LogP contribution is 2.18. The van der Waals surface area contributed by atoms with Gasteiger partial charge >= 0.3 is 0 Å². The molecule has 0 saturated heterocycles. The van der Waals surface area contributed by atoms with Crippen molar-refractivity contribution in [3.05, 3.63) is 23.9 Å². The average Bonchev–Trinajstić information content (AvgIpc) is 2.60. The number of nitriles is 2. The molecule has 0 aliphatic heterocycles. The predicted octanol–water partition coefficient (Wildman–Crippen LogP) is 5.96. The molecular formula is C21H35N3. The Labute approximate surface area is 149 Å². The van der Waals surface area contributed by atoms with E-state index in [0.717, 1.165) is 6.54 Å². The molecule has 0 aromatic rings. The highest BCUT2D eigenvalue weighted by molar-refractivity contribution is 5.37. The summed E-state index contributed by atoms with van der Waals surface area (Å²) in [7, 11) is 0. The van der Waals surface area contributed by atoms with Crippen LogP contribution in [0.25, 0.3) is 0 Å². The summed E-state index contributed by atoms with van der Waals surface area (Å²) < 4.78 is 0. The lowest BCUT2D eigenvalue weighted by Crippen LogP contribution is -2.32. The van der Waals surface area contributed by atoms with Crippen LogP contribution in [0.5, 0.6) is 0 Å². The van der Waals surface area contributed by atoms with Gasteiger partial charge < -0.3 is 4.90 Å². The molecule has 0 aromatic carbocycles. The monoisotopic (exact) mass is 329 g/mol. The molecule has 0 heterocycles. The molecule has 3 nitrogen and oxygen atoms in total. The van der Waals surface area contributed by atoms with Crippen molar-refractivity contribution in [3.63, 3.8) is 0 Å². The van der Waals surface area contributed by atoms with Gasteiger partial charge in [-0.15, -0.1) is 0 Å². The Morgan fingerprint density at radius 1 is 1.00 bits per heavy atom. The van der Waals surface area contributed by atoms with E-state index in [0.29, 0.717) is 12.0 Å². The minimum absolute atomic E-state index is 0.155. The number of nitrogens with zero attached hydrogens (tertiary/aromatic N) is 3. The maximum Gasteiger partial charge on any atom is 0.129 e. The maximum absolute atomic E-state index is 8.84. The van der Waals surface area contributed by atoms with Crippen LogP contribution in [0.2, 0.25) is 0 Å². The number of hydrogen-bond acceptors (Lipinski definition) is 3. The van der Waals surface area contributed by atoms with Crippen LogP contribution in [0.4, 0.5) is 0 Å². The van der Waals surface area contributed by atoms with E-state index in [1.54, 1.807) is 6.08 Å². The largest absolute Gasteiger partial charge is 0.374 e. The van der Waals surface area contributed by atoms with Crippen LogP contribution in [0.3, 0.4) is 0 Å². The fourth-order valence-corrected chi connectivity index (χ4v) is 2.81.